The molecule has 0 unspecified atom stereocenters. The Labute approximate surface area is 92.6 Å². The van der Waals surface area contributed by atoms with Crippen LogP contribution in [0.4, 0.5) is 0 Å². The van der Waals surface area contributed by atoms with Gasteiger partial charge in [0.2, 0.25) is 0 Å². The largest absolute Gasteiger partial charge is 0.355 e. The first-order valence-corrected chi connectivity index (χ1v) is 6.01. The normalized spacial score (nSPS) is 41.7. The molecule has 2 rings (SSSR count). The highest BCUT2D eigenvalue weighted by atomic mass is 16.7. The van der Waals surface area contributed by atoms with Gasteiger partial charge in [0.05, 0.1) is 0 Å². The summed E-state index contributed by atoms with van der Waals surface area (Å²) < 4.78 is 11.3. The Balaban J connectivity index is 2.23. The van der Waals surface area contributed by atoms with Crippen LogP contribution in [0.3, 0.4) is 0 Å². The van der Waals surface area contributed by atoms with E-state index in [1.54, 1.807) is 7.11 Å². The smallest absolute Gasteiger partial charge is 0.163 e. The van der Waals surface area contributed by atoms with Crippen molar-refractivity contribution in [3.05, 3.63) is 11.6 Å². The van der Waals surface area contributed by atoms with Crippen molar-refractivity contribution in [1.29, 1.82) is 0 Å². The third kappa shape index (κ3) is 1.85. The average molecular weight is 210 g/mol. The summed E-state index contributed by atoms with van der Waals surface area (Å²) in [6.07, 6.45) is 7.26. The Bertz CT molecular complexity index is 259. The minimum absolute atomic E-state index is 0.00519. The first-order chi connectivity index (χ1) is 7.19. The van der Waals surface area contributed by atoms with Crippen LogP contribution in [0.15, 0.2) is 11.6 Å². The zero-order valence-corrected chi connectivity index (χ0v) is 10.1. The number of ether oxygens (including phenoxy) is 2. The van der Waals surface area contributed by atoms with E-state index in [0.717, 1.165) is 6.61 Å². The maximum atomic E-state index is 5.77. The van der Waals surface area contributed by atoms with Crippen molar-refractivity contribution >= 4 is 0 Å². The van der Waals surface area contributed by atoms with E-state index in [0.29, 0.717) is 5.92 Å². The van der Waals surface area contributed by atoms with Gasteiger partial charge in [-0.15, -0.1) is 0 Å². The Kier molecular flexibility index (Phi) is 3.17. The van der Waals surface area contributed by atoms with Crippen molar-refractivity contribution in [3.8, 4) is 0 Å². The fraction of sp³-hybridized carbons (Fsp3) is 0.846. The molecule has 0 bridgehead atoms. The van der Waals surface area contributed by atoms with Crippen LogP contribution in [0, 0.1) is 11.3 Å². The highest BCUT2D eigenvalue weighted by Gasteiger charge is 2.46. The Hall–Kier alpha value is -0.340. The van der Waals surface area contributed by atoms with Crippen LogP contribution in [0.2, 0.25) is 0 Å². The van der Waals surface area contributed by atoms with Crippen molar-refractivity contribution in [1.82, 2.24) is 0 Å². The summed E-state index contributed by atoms with van der Waals surface area (Å²) >= 11 is 0. The third-order valence-electron chi connectivity index (χ3n) is 4.17. The number of allylic oxidation sites excluding steroid dienone is 2. The minimum Gasteiger partial charge on any atom is -0.355 e. The summed E-state index contributed by atoms with van der Waals surface area (Å²) in [6.45, 7) is 5.40. The number of methoxy groups -OCH3 is 1. The Morgan fingerprint density at radius 2 is 2.27 bits per heavy atom. The summed E-state index contributed by atoms with van der Waals surface area (Å²) in [5, 5.41) is 0. The first-order valence-electron chi connectivity index (χ1n) is 6.01. The standard InChI is InChI=1S/C13H22O2/c1-10-5-7-13(11(2)9-10)6-4-8-15-12(13)14-3/h9,11-12H,4-8H2,1-3H3/t11-,12+,13-/m0/s1. The quantitative estimate of drug-likeness (QED) is 0.619. The second-order valence-electron chi connectivity index (χ2n) is 5.08. The summed E-state index contributed by atoms with van der Waals surface area (Å²) in [6, 6.07) is 0. The predicted octanol–water partition coefficient (Wildman–Crippen LogP) is 3.13. The van der Waals surface area contributed by atoms with Gasteiger partial charge in [-0.25, -0.2) is 0 Å². The molecule has 2 aliphatic rings. The van der Waals surface area contributed by atoms with Crippen molar-refractivity contribution in [2.24, 2.45) is 11.3 Å². The van der Waals surface area contributed by atoms with E-state index in [4.69, 9.17) is 9.47 Å². The molecule has 1 spiro atoms. The maximum Gasteiger partial charge on any atom is 0.163 e. The molecule has 2 nitrogen and oxygen atoms in total. The highest BCUT2D eigenvalue weighted by Crippen LogP contribution is 2.49. The molecule has 1 aliphatic heterocycles. The van der Waals surface area contributed by atoms with E-state index in [1.807, 2.05) is 0 Å². The molecule has 0 radical (unpaired) electrons. The fourth-order valence-electron chi connectivity index (χ4n) is 3.20. The van der Waals surface area contributed by atoms with Crippen LogP contribution in [0.1, 0.15) is 39.5 Å². The van der Waals surface area contributed by atoms with E-state index in [1.165, 1.54) is 31.3 Å². The van der Waals surface area contributed by atoms with Gasteiger partial charge in [0.1, 0.15) is 0 Å². The van der Waals surface area contributed by atoms with Crippen LogP contribution in [-0.2, 0) is 9.47 Å². The molecule has 15 heavy (non-hydrogen) atoms. The molecule has 1 heterocycles. The number of hydrogen-bond donors (Lipinski definition) is 0. The maximum absolute atomic E-state index is 5.77. The lowest BCUT2D eigenvalue weighted by Crippen LogP contribution is -2.47. The first kappa shape index (κ1) is 11.2. The molecular formula is C13H22O2. The molecule has 0 aromatic rings. The second kappa shape index (κ2) is 4.26. The van der Waals surface area contributed by atoms with Gasteiger partial charge in [-0.3, -0.25) is 0 Å². The van der Waals surface area contributed by atoms with Crippen molar-refractivity contribution in [2.75, 3.05) is 13.7 Å². The van der Waals surface area contributed by atoms with Crippen LogP contribution < -0.4 is 0 Å². The molecule has 1 aliphatic carbocycles. The van der Waals surface area contributed by atoms with Gasteiger partial charge in [-0.1, -0.05) is 18.6 Å². The summed E-state index contributed by atoms with van der Waals surface area (Å²) in [4.78, 5) is 0. The molecule has 0 amide bonds. The van der Waals surface area contributed by atoms with Gasteiger partial charge in [-0.05, 0) is 38.5 Å². The topological polar surface area (TPSA) is 18.5 Å². The number of hydrogen-bond acceptors (Lipinski definition) is 2. The molecule has 1 fully saturated rings. The Morgan fingerprint density at radius 1 is 1.47 bits per heavy atom. The van der Waals surface area contributed by atoms with Crippen molar-refractivity contribution in [3.63, 3.8) is 0 Å². The lowest BCUT2D eigenvalue weighted by molar-refractivity contribution is -0.233. The van der Waals surface area contributed by atoms with E-state index in [9.17, 15) is 0 Å². The monoisotopic (exact) mass is 210 g/mol. The lowest BCUT2D eigenvalue weighted by Gasteiger charge is -2.48. The Morgan fingerprint density at radius 3 is 2.93 bits per heavy atom. The molecule has 1 saturated heterocycles. The number of rotatable bonds is 1. The van der Waals surface area contributed by atoms with Crippen LogP contribution in [0.25, 0.3) is 0 Å². The lowest BCUT2D eigenvalue weighted by atomic mass is 9.64. The molecule has 86 valence electrons. The van der Waals surface area contributed by atoms with E-state index in [-0.39, 0.29) is 11.7 Å². The van der Waals surface area contributed by atoms with Gasteiger partial charge in [0, 0.05) is 19.1 Å². The van der Waals surface area contributed by atoms with Crippen molar-refractivity contribution in [2.45, 2.75) is 45.8 Å². The molecule has 0 aromatic carbocycles. The summed E-state index contributed by atoms with van der Waals surface area (Å²) in [5.41, 5.74) is 1.76. The molecule has 2 heteroatoms. The highest BCUT2D eigenvalue weighted by molar-refractivity contribution is 5.12. The zero-order valence-electron chi connectivity index (χ0n) is 10.1. The molecular weight excluding hydrogens is 188 g/mol. The fourth-order valence-corrected chi connectivity index (χ4v) is 3.20. The SMILES string of the molecule is CO[C@@H]1OCCC[C@@]12CCC(C)=C[C@@H]2C. The third-order valence-corrected chi connectivity index (χ3v) is 4.17. The van der Waals surface area contributed by atoms with Gasteiger partial charge in [0.15, 0.2) is 6.29 Å². The molecule has 0 N–H and O–H groups in total. The predicted molar refractivity (Wildman–Crippen MR) is 60.6 cm³/mol. The van der Waals surface area contributed by atoms with E-state index < -0.39 is 0 Å². The van der Waals surface area contributed by atoms with Gasteiger partial charge in [0.25, 0.3) is 0 Å². The van der Waals surface area contributed by atoms with Crippen LogP contribution >= 0.6 is 0 Å². The van der Waals surface area contributed by atoms with Crippen LogP contribution in [0.5, 0.6) is 0 Å². The zero-order chi connectivity index (χ0) is 10.9. The van der Waals surface area contributed by atoms with Gasteiger partial charge >= 0.3 is 0 Å². The second-order valence-corrected chi connectivity index (χ2v) is 5.08. The summed E-state index contributed by atoms with van der Waals surface area (Å²) in [7, 11) is 1.77. The summed E-state index contributed by atoms with van der Waals surface area (Å²) in [5.74, 6) is 0.580. The van der Waals surface area contributed by atoms with E-state index in [2.05, 4.69) is 19.9 Å². The molecule has 0 saturated carbocycles. The van der Waals surface area contributed by atoms with E-state index >= 15 is 0 Å². The molecule has 3 atom stereocenters. The van der Waals surface area contributed by atoms with Crippen LogP contribution in [-0.4, -0.2) is 20.0 Å². The minimum atomic E-state index is 0.00519. The molecule has 0 aromatic heterocycles. The average Bonchev–Trinajstić information content (AvgIpc) is 2.25. The van der Waals surface area contributed by atoms with Gasteiger partial charge in [-0.2, -0.15) is 0 Å². The van der Waals surface area contributed by atoms with Crippen molar-refractivity contribution < 1.29 is 9.47 Å². The van der Waals surface area contributed by atoms with Gasteiger partial charge < -0.3 is 9.47 Å².